The number of carbonyl (C=O) groups is 1. The lowest BCUT2D eigenvalue weighted by Crippen LogP contribution is -2.30. The van der Waals surface area contributed by atoms with Gasteiger partial charge in [-0.05, 0) is 31.2 Å². The van der Waals surface area contributed by atoms with Crippen LogP contribution in [0.4, 0.5) is 0 Å². The van der Waals surface area contributed by atoms with E-state index in [1.807, 2.05) is 0 Å². The smallest absolute Gasteiger partial charge is 0.277 e. The standard InChI is InChI=1S/C19H21N3O6S/c1-11(17(23)20-10-13-6-5-7-27-13)29-19-22-21-18(28-19)12-8-14(24-2)16(26-4)15(9-12)25-3/h5-9,11H,10H2,1-4H3,(H,20,23)/t11-/m0/s1. The average molecular weight is 419 g/mol. The molecule has 1 N–H and O–H groups in total. The van der Waals surface area contributed by atoms with Crippen LogP contribution in [0.5, 0.6) is 17.2 Å². The first-order valence-electron chi connectivity index (χ1n) is 8.66. The molecule has 1 atom stereocenters. The Bertz CT molecular complexity index is 932. The molecule has 0 saturated carbocycles. The van der Waals surface area contributed by atoms with Crippen LogP contribution in [-0.4, -0.2) is 42.7 Å². The molecule has 0 aliphatic carbocycles. The molecule has 2 aromatic heterocycles. The number of methoxy groups -OCH3 is 3. The van der Waals surface area contributed by atoms with Gasteiger partial charge in [0.1, 0.15) is 5.76 Å². The third-order valence-electron chi connectivity index (χ3n) is 3.98. The fraction of sp³-hybridized carbons (Fsp3) is 0.316. The highest BCUT2D eigenvalue weighted by Crippen LogP contribution is 2.41. The van der Waals surface area contributed by atoms with Crippen molar-refractivity contribution in [2.75, 3.05) is 21.3 Å². The summed E-state index contributed by atoms with van der Waals surface area (Å²) in [4.78, 5) is 12.2. The minimum Gasteiger partial charge on any atom is -0.493 e. The van der Waals surface area contributed by atoms with Gasteiger partial charge in [0, 0.05) is 5.56 Å². The van der Waals surface area contributed by atoms with Crippen LogP contribution in [0.25, 0.3) is 11.5 Å². The van der Waals surface area contributed by atoms with E-state index in [0.29, 0.717) is 35.1 Å². The Hall–Kier alpha value is -3.14. The lowest BCUT2D eigenvalue weighted by molar-refractivity contribution is -0.120. The van der Waals surface area contributed by atoms with Gasteiger partial charge < -0.3 is 28.4 Å². The van der Waals surface area contributed by atoms with Crippen molar-refractivity contribution >= 4 is 17.7 Å². The first-order chi connectivity index (χ1) is 14.0. The molecule has 29 heavy (non-hydrogen) atoms. The molecular weight excluding hydrogens is 398 g/mol. The van der Waals surface area contributed by atoms with Gasteiger partial charge in [0.2, 0.25) is 17.5 Å². The molecule has 9 nitrogen and oxygen atoms in total. The maximum absolute atomic E-state index is 12.2. The van der Waals surface area contributed by atoms with Crippen LogP contribution in [0.3, 0.4) is 0 Å². The lowest BCUT2D eigenvalue weighted by atomic mass is 10.2. The van der Waals surface area contributed by atoms with Crippen LogP contribution in [0.2, 0.25) is 0 Å². The van der Waals surface area contributed by atoms with E-state index < -0.39 is 5.25 Å². The highest BCUT2D eigenvalue weighted by atomic mass is 32.2. The van der Waals surface area contributed by atoms with E-state index in [-0.39, 0.29) is 17.0 Å². The number of aromatic nitrogens is 2. The third-order valence-corrected chi connectivity index (χ3v) is 4.92. The molecule has 2 heterocycles. The molecule has 0 radical (unpaired) electrons. The molecule has 3 rings (SSSR count). The first kappa shape index (κ1) is 20.6. The Morgan fingerprint density at radius 2 is 1.90 bits per heavy atom. The number of nitrogens with zero attached hydrogens (tertiary/aromatic N) is 2. The number of nitrogens with one attached hydrogen (secondary N) is 1. The van der Waals surface area contributed by atoms with E-state index in [0.717, 1.165) is 11.8 Å². The molecule has 1 aromatic carbocycles. The van der Waals surface area contributed by atoms with Gasteiger partial charge in [-0.3, -0.25) is 4.79 Å². The predicted octanol–water partition coefficient (Wildman–Crippen LogP) is 3.15. The zero-order chi connectivity index (χ0) is 20.8. The summed E-state index contributed by atoms with van der Waals surface area (Å²) in [6, 6.07) is 6.98. The number of thioether (sulfide) groups is 1. The summed E-state index contributed by atoms with van der Waals surface area (Å²) in [5.74, 6) is 2.20. The summed E-state index contributed by atoms with van der Waals surface area (Å²) in [7, 11) is 4.58. The number of carbonyl (C=O) groups excluding carboxylic acids is 1. The number of benzene rings is 1. The minimum absolute atomic E-state index is 0.168. The second kappa shape index (κ2) is 9.37. The maximum atomic E-state index is 12.2. The van der Waals surface area contributed by atoms with Gasteiger partial charge in [-0.15, -0.1) is 10.2 Å². The molecule has 3 aromatic rings. The number of furan rings is 1. The van der Waals surface area contributed by atoms with Crippen molar-refractivity contribution in [3.05, 3.63) is 36.3 Å². The van der Waals surface area contributed by atoms with Crippen LogP contribution >= 0.6 is 11.8 Å². The third kappa shape index (κ3) is 4.83. The predicted molar refractivity (Wildman–Crippen MR) is 105 cm³/mol. The summed E-state index contributed by atoms with van der Waals surface area (Å²) >= 11 is 1.16. The Kier molecular flexibility index (Phi) is 6.65. The Morgan fingerprint density at radius 1 is 1.17 bits per heavy atom. The molecule has 0 fully saturated rings. The number of rotatable bonds is 9. The molecule has 0 bridgehead atoms. The zero-order valence-electron chi connectivity index (χ0n) is 16.4. The highest BCUT2D eigenvalue weighted by Gasteiger charge is 2.21. The monoisotopic (exact) mass is 419 g/mol. The van der Waals surface area contributed by atoms with Crippen molar-refractivity contribution in [1.29, 1.82) is 0 Å². The molecule has 0 aliphatic rings. The van der Waals surface area contributed by atoms with E-state index in [4.69, 9.17) is 23.0 Å². The molecule has 0 unspecified atom stereocenters. The van der Waals surface area contributed by atoms with Crippen LogP contribution < -0.4 is 19.5 Å². The Labute approximate surface area is 171 Å². The maximum Gasteiger partial charge on any atom is 0.277 e. The van der Waals surface area contributed by atoms with Crippen LogP contribution in [0, 0.1) is 0 Å². The number of amides is 1. The van der Waals surface area contributed by atoms with E-state index in [2.05, 4.69) is 15.5 Å². The fourth-order valence-corrected chi connectivity index (χ4v) is 3.22. The number of hydrogen-bond acceptors (Lipinski definition) is 9. The number of ether oxygens (including phenoxy) is 3. The van der Waals surface area contributed by atoms with Gasteiger partial charge in [0.05, 0.1) is 39.4 Å². The molecule has 0 aliphatic heterocycles. The van der Waals surface area contributed by atoms with Gasteiger partial charge in [0.25, 0.3) is 5.22 Å². The highest BCUT2D eigenvalue weighted by molar-refractivity contribution is 8.00. The van der Waals surface area contributed by atoms with Crippen molar-refractivity contribution in [3.8, 4) is 28.7 Å². The molecule has 10 heteroatoms. The van der Waals surface area contributed by atoms with Crippen molar-refractivity contribution in [1.82, 2.24) is 15.5 Å². The summed E-state index contributed by atoms with van der Waals surface area (Å²) in [6.07, 6.45) is 1.56. The Balaban J connectivity index is 1.69. The van der Waals surface area contributed by atoms with Crippen molar-refractivity contribution < 1.29 is 27.8 Å². The van der Waals surface area contributed by atoms with Gasteiger partial charge in [-0.25, -0.2) is 0 Å². The summed E-state index contributed by atoms with van der Waals surface area (Å²) < 4.78 is 26.9. The average Bonchev–Trinajstić information content (AvgIpc) is 3.42. The normalized spacial score (nSPS) is 11.7. The summed E-state index contributed by atoms with van der Waals surface area (Å²) in [5.41, 5.74) is 0.605. The van der Waals surface area contributed by atoms with Crippen LogP contribution in [-0.2, 0) is 11.3 Å². The SMILES string of the molecule is COc1cc(-c2nnc(S[C@@H](C)C(=O)NCc3ccco3)o2)cc(OC)c1OC. The quantitative estimate of drug-likeness (QED) is 0.523. The largest absolute Gasteiger partial charge is 0.493 e. The second-order valence-electron chi connectivity index (χ2n) is 5.84. The van der Waals surface area contributed by atoms with E-state index >= 15 is 0 Å². The van der Waals surface area contributed by atoms with E-state index in [1.54, 1.807) is 37.5 Å². The van der Waals surface area contributed by atoms with Crippen LogP contribution in [0.15, 0.2) is 44.6 Å². The van der Waals surface area contributed by atoms with E-state index in [9.17, 15) is 4.79 Å². The molecule has 0 saturated heterocycles. The van der Waals surface area contributed by atoms with E-state index in [1.165, 1.54) is 21.3 Å². The van der Waals surface area contributed by atoms with Crippen molar-refractivity contribution in [3.63, 3.8) is 0 Å². The minimum atomic E-state index is -0.432. The number of hydrogen-bond donors (Lipinski definition) is 1. The summed E-state index contributed by atoms with van der Waals surface area (Å²) in [5, 5.41) is 10.7. The fourth-order valence-electron chi connectivity index (χ4n) is 2.51. The molecule has 1 amide bonds. The molecule has 154 valence electrons. The van der Waals surface area contributed by atoms with Gasteiger partial charge in [-0.2, -0.15) is 0 Å². The van der Waals surface area contributed by atoms with Gasteiger partial charge >= 0.3 is 0 Å². The second-order valence-corrected chi connectivity index (χ2v) is 7.14. The van der Waals surface area contributed by atoms with Crippen molar-refractivity contribution in [2.24, 2.45) is 0 Å². The topological polar surface area (TPSA) is 109 Å². The molecular formula is C19H21N3O6S. The molecule has 0 spiro atoms. The Morgan fingerprint density at radius 3 is 2.48 bits per heavy atom. The summed E-state index contributed by atoms with van der Waals surface area (Å²) in [6.45, 7) is 2.07. The van der Waals surface area contributed by atoms with Crippen LogP contribution in [0.1, 0.15) is 12.7 Å². The van der Waals surface area contributed by atoms with Crippen molar-refractivity contribution in [2.45, 2.75) is 23.9 Å². The zero-order valence-corrected chi connectivity index (χ0v) is 17.2. The van der Waals surface area contributed by atoms with Gasteiger partial charge in [0.15, 0.2) is 11.5 Å². The lowest BCUT2D eigenvalue weighted by Gasteiger charge is -2.12. The first-order valence-corrected chi connectivity index (χ1v) is 9.54. The van der Waals surface area contributed by atoms with Gasteiger partial charge in [-0.1, -0.05) is 11.8 Å².